The Balaban J connectivity index is 0.00000147. The number of hydrogen-bond acceptors (Lipinski definition) is 2. The number of carbonyl (C=O) groups is 1. The van der Waals surface area contributed by atoms with E-state index in [9.17, 15) is 18.0 Å². The second-order valence-corrected chi connectivity index (χ2v) is 5.13. The highest BCUT2D eigenvalue weighted by atomic mass is 35.5. The van der Waals surface area contributed by atoms with E-state index < -0.39 is 28.9 Å². The lowest BCUT2D eigenvalue weighted by Crippen LogP contribution is -2.33. The third kappa shape index (κ3) is 2.50. The summed E-state index contributed by atoms with van der Waals surface area (Å²) >= 11 is 0. The summed E-state index contributed by atoms with van der Waals surface area (Å²) in [6.07, 6.45) is 0. The van der Waals surface area contributed by atoms with Crippen LogP contribution in [0.3, 0.4) is 0 Å². The maximum atomic E-state index is 13.6. The zero-order valence-electron chi connectivity index (χ0n) is 10.5. The van der Waals surface area contributed by atoms with Crippen molar-refractivity contribution < 1.29 is 18.0 Å². The molecule has 0 spiro atoms. The second kappa shape index (κ2) is 5.61. The van der Waals surface area contributed by atoms with Crippen LogP contribution >= 0.6 is 12.4 Å². The predicted octanol–water partition coefficient (Wildman–Crippen LogP) is 1.82. The van der Waals surface area contributed by atoms with E-state index in [1.54, 1.807) is 0 Å². The summed E-state index contributed by atoms with van der Waals surface area (Å²) in [7, 11) is 0. The van der Waals surface area contributed by atoms with Gasteiger partial charge in [0.2, 0.25) is 0 Å². The number of fused-ring (bicyclic) bond motifs is 1. The minimum atomic E-state index is -1.14. The highest BCUT2D eigenvalue weighted by Crippen LogP contribution is 2.28. The van der Waals surface area contributed by atoms with E-state index in [1.807, 2.05) is 0 Å². The fourth-order valence-electron chi connectivity index (χ4n) is 2.93. The van der Waals surface area contributed by atoms with Gasteiger partial charge in [0.15, 0.2) is 0 Å². The molecule has 2 saturated heterocycles. The number of halogens is 4. The third-order valence-electron chi connectivity index (χ3n) is 3.90. The topological polar surface area (TPSA) is 32.3 Å². The van der Waals surface area contributed by atoms with Crippen molar-refractivity contribution in [1.82, 2.24) is 10.2 Å². The first-order chi connectivity index (χ1) is 9.06. The molecule has 110 valence electrons. The molecule has 0 aromatic heterocycles. The summed E-state index contributed by atoms with van der Waals surface area (Å²) in [5, 5.41) is 3.22. The van der Waals surface area contributed by atoms with Gasteiger partial charge in [-0.1, -0.05) is 0 Å². The highest BCUT2D eigenvalue weighted by Gasteiger charge is 2.39. The van der Waals surface area contributed by atoms with Crippen LogP contribution in [0.15, 0.2) is 12.1 Å². The molecular weight excluding hydrogens is 293 g/mol. The molecule has 2 aliphatic rings. The first-order valence-electron chi connectivity index (χ1n) is 6.21. The Morgan fingerprint density at radius 1 is 1.10 bits per heavy atom. The van der Waals surface area contributed by atoms with E-state index in [0.717, 1.165) is 13.1 Å². The number of amides is 1. The lowest BCUT2D eigenvalue weighted by Gasteiger charge is -2.18. The minimum Gasteiger partial charge on any atom is -0.338 e. The summed E-state index contributed by atoms with van der Waals surface area (Å²) in [5.74, 6) is -3.31. The fraction of sp³-hybridized carbons (Fsp3) is 0.462. The van der Waals surface area contributed by atoms with Crippen molar-refractivity contribution in [2.75, 3.05) is 26.2 Å². The molecule has 0 radical (unpaired) electrons. The van der Waals surface area contributed by atoms with Crippen molar-refractivity contribution in [2.24, 2.45) is 11.8 Å². The van der Waals surface area contributed by atoms with Gasteiger partial charge in [-0.25, -0.2) is 13.2 Å². The van der Waals surface area contributed by atoms with E-state index >= 15 is 0 Å². The quantitative estimate of drug-likeness (QED) is 0.858. The Morgan fingerprint density at radius 2 is 1.60 bits per heavy atom. The number of carbonyl (C=O) groups excluding carboxylic acids is 1. The van der Waals surface area contributed by atoms with Gasteiger partial charge in [0.05, 0.1) is 0 Å². The van der Waals surface area contributed by atoms with Gasteiger partial charge in [-0.15, -0.1) is 12.4 Å². The lowest BCUT2D eigenvalue weighted by atomic mass is 10.0. The largest absolute Gasteiger partial charge is 0.338 e. The first-order valence-corrected chi connectivity index (χ1v) is 6.21. The number of benzene rings is 1. The highest BCUT2D eigenvalue weighted by molar-refractivity contribution is 5.95. The predicted molar refractivity (Wildman–Crippen MR) is 69.3 cm³/mol. The van der Waals surface area contributed by atoms with E-state index in [0.29, 0.717) is 37.1 Å². The van der Waals surface area contributed by atoms with E-state index in [-0.39, 0.29) is 12.4 Å². The number of rotatable bonds is 1. The van der Waals surface area contributed by atoms with Crippen molar-refractivity contribution in [3.8, 4) is 0 Å². The molecule has 2 aliphatic heterocycles. The Bertz CT molecular complexity index is 505. The molecule has 3 rings (SSSR count). The monoisotopic (exact) mass is 306 g/mol. The molecule has 2 fully saturated rings. The van der Waals surface area contributed by atoms with Gasteiger partial charge in [0, 0.05) is 38.3 Å². The SMILES string of the molecule is Cl.O=C(c1c(F)cc(F)cc1F)N1C[C@H]2CNC[C@H]2C1. The van der Waals surface area contributed by atoms with Crippen molar-refractivity contribution in [1.29, 1.82) is 0 Å². The number of likely N-dealkylation sites (tertiary alicyclic amines) is 1. The summed E-state index contributed by atoms with van der Waals surface area (Å²) in [6.45, 7) is 2.63. The molecule has 1 amide bonds. The molecule has 0 aliphatic carbocycles. The van der Waals surface area contributed by atoms with Gasteiger partial charge in [-0.3, -0.25) is 4.79 Å². The van der Waals surface area contributed by atoms with Crippen LogP contribution in [0.25, 0.3) is 0 Å². The summed E-state index contributed by atoms with van der Waals surface area (Å²) in [6, 6.07) is 1.07. The standard InChI is InChI=1S/C13H13F3N2O.ClH/c14-9-1-10(15)12(11(16)2-9)13(19)18-5-7-3-17-4-8(7)6-18;/h1-2,7-8,17H,3-6H2;1H/t7-,8+;. The maximum absolute atomic E-state index is 13.6. The Hall–Kier alpha value is -1.27. The first kappa shape index (κ1) is 15.1. The van der Waals surface area contributed by atoms with Crippen molar-refractivity contribution in [3.63, 3.8) is 0 Å². The van der Waals surface area contributed by atoms with E-state index in [1.165, 1.54) is 4.90 Å². The van der Waals surface area contributed by atoms with Crippen LogP contribution in [-0.2, 0) is 0 Å². The smallest absolute Gasteiger partial charge is 0.259 e. The van der Waals surface area contributed by atoms with Crippen LogP contribution in [-0.4, -0.2) is 37.0 Å². The molecule has 2 heterocycles. The van der Waals surface area contributed by atoms with E-state index in [4.69, 9.17) is 0 Å². The molecule has 0 bridgehead atoms. The lowest BCUT2D eigenvalue weighted by molar-refractivity contribution is 0.0772. The van der Waals surface area contributed by atoms with Gasteiger partial charge in [0.1, 0.15) is 23.0 Å². The van der Waals surface area contributed by atoms with Crippen LogP contribution < -0.4 is 5.32 Å². The van der Waals surface area contributed by atoms with Crippen LogP contribution in [0.4, 0.5) is 13.2 Å². The van der Waals surface area contributed by atoms with Gasteiger partial charge < -0.3 is 10.2 Å². The molecule has 0 unspecified atom stereocenters. The number of nitrogens with zero attached hydrogens (tertiary/aromatic N) is 1. The fourth-order valence-corrected chi connectivity index (χ4v) is 2.93. The Kier molecular flexibility index (Phi) is 4.25. The van der Waals surface area contributed by atoms with Gasteiger partial charge in [-0.05, 0) is 11.8 Å². The zero-order valence-corrected chi connectivity index (χ0v) is 11.4. The van der Waals surface area contributed by atoms with Crippen molar-refractivity contribution >= 4 is 18.3 Å². The maximum Gasteiger partial charge on any atom is 0.259 e. The van der Waals surface area contributed by atoms with Crippen LogP contribution in [0.5, 0.6) is 0 Å². The number of hydrogen-bond donors (Lipinski definition) is 1. The molecular formula is C13H14ClF3N2O. The molecule has 1 aromatic carbocycles. The Morgan fingerprint density at radius 3 is 2.10 bits per heavy atom. The van der Waals surface area contributed by atoms with E-state index in [2.05, 4.69) is 5.32 Å². The Labute approximate surface area is 120 Å². The van der Waals surface area contributed by atoms with Gasteiger partial charge >= 0.3 is 0 Å². The summed E-state index contributed by atoms with van der Waals surface area (Å²) < 4.78 is 40.0. The zero-order chi connectivity index (χ0) is 13.6. The minimum absolute atomic E-state index is 0. The van der Waals surface area contributed by atoms with Crippen molar-refractivity contribution in [2.45, 2.75) is 0 Å². The van der Waals surface area contributed by atoms with Crippen LogP contribution in [0, 0.1) is 29.3 Å². The second-order valence-electron chi connectivity index (χ2n) is 5.13. The van der Waals surface area contributed by atoms with Crippen molar-refractivity contribution in [3.05, 3.63) is 35.1 Å². The number of nitrogens with one attached hydrogen (secondary N) is 1. The van der Waals surface area contributed by atoms with Gasteiger partial charge in [0.25, 0.3) is 5.91 Å². The molecule has 3 nitrogen and oxygen atoms in total. The summed E-state index contributed by atoms with van der Waals surface area (Å²) in [5.41, 5.74) is -0.658. The van der Waals surface area contributed by atoms with Crippen LogP contribution in [0.1, 0.15) is 10.4 Å². The van der Waals surface area contributed by atoms with Crippen LogP contribution in [0.2, 0.25) is 0 Å². The average Bonchev–Trinajstić information content (AvgIpc) is 2.86. The molecule has 1 aromatic rings. The molecule has 1 N–H and O–H groups in total. The molecule has 0 saturated carbocycles. The molecule has 2 atom stereocenters. The summed E-state index contributed by atoms with van der Waals surface area (Å²) in [4.78, 5) is 13.6. The third-order valence-corrected chi connectivity index (χ3v) is 3.90. The average molecular weight is 307 g/mol. The molecule has 20 heavy (non-hydrogen) atoms. The molecule has 7 heteroatoms. The van der Waals surface area contributed by atoms with Gasteiger partial charge in [-0.2, -0.15) is 0 Å². The normalized spacial score (nSPS) is 24.4.